The van der Waals surface area contributed by atoms with Gasteiger partial charge >= 0.3 is 5.97 Å². The number of benzene rings is 1. The first-order chi connectivity index (χ1) is 7.52. The molecule has 1 rings (SSSR count). The van der Waals surface area contributed by atoms with Gasteiger partial charge in [0, 0.05) is 4.83 Å². The summed E-state index contributed by atoms with van der Waals surface area (Å²) in [5.74, 6) is -2.09. The van der Waals surface area contributed by atoms with Crippen LogP contribution < -0.4 is 0 Å². The van der Waals surface area contributed by atoms with E-state index in [1.54, 1.807) is 0 Å². The lowest BCUT2D eigenvalue weighted by Gasteiger charge is -2.08. The fourth-order valence-electron chi connectivity index (χ4n) is 1.26. The van der Waals surface area contributed by atoms with Crippen LogP contribution in [0.5, 0.6) is 0 Å². The van der Waals surface area contributed by atoms with Crippen LogP contribution in [0.4, 0.5) is 8.78 Å². The van der Waals surface area contributed by atoms with E-state index in [0.717, 1.165) is 12.1 Å². The molecular formula is C11H11BrF2O2. The van der Waals surface area contributed by atoms with Crippen LogP contribution in [0.25, 0.3) is 0 Å². The number of esters is 1. The molecule has 0 heterocycles. The Labute approximate surface area is 101 Å². The topological polar surface area (TPSA) is 26.3 Å². The molecule has 0 amide bonds. The van der Waals surface area contributed by atoms with E-state index in [-0.39, 0.29) is 17.2 Å². The fourth-order valence-corrected chi connectivity index (χ4v) is 1.90. The van der Waals surface area contributed by atoms with Gasteiger partial charge in [-0.15, -0.1) is 0 Å². The molecule has 0 radical (unpaired) electrons. The minimum absolute atomic E-state index is 0.148. The Morgan fingerprint density at radius 1 is 1.44 bits per heavy atom. The maximum Gasteiger partial charge on any atom is 0.306 e. The van der Waals surface area contributed by atoms with Gasteiger partial charge in [-0.05, 0) is 24.1 Å². The van der Waals surface area contributed by atoms with Gasteiger partial charge in [-0.2, -0.15) is 0 Å². The number of rotatable bonds is 4. The van der Waals surface area contributed by atoms with E-state index in [2.05, 4.69) is 20.7 Å². The molecule has 16 heavy (non-hydrogen) atoms. The van der Waals surface area contributed by atoms with E-state index in [4.69, 9.17) is 0 Å². The van der Waals surface area contributed by atoms with Crippen molar-refractivity contribution in [1.29, 1.82) is 0 Å². The number of ether oxygens (including phenoxy) is 1. The molecule has 0 saturated carbocycles. The lowest BCUT2D eigenvalue weighted by molar-refractivity contribution is -0.140. The van der Waals surface area contributed by atoms with Crippen LogP contribution in [-0.4, -0.2) is 17.9 Å². The van der Waals surface area contributed by atoms with E-state index in [9.17, 15) is 13.6 Å². The maximum atomic E-state index is 12.9. The van der Waals surface area contributed by atoms with Crippen LogP contribution in [0.3, 0.4) is 0 Å². The number of carbonyl (C=O) groups excluding carboxylic acids is 1. The third-order valence-corrected chi connectivity index (χ3v) is 2.70. The lowest BCUT2D eigenvalue weighted by atomic mass is 10.1. The van der Waals surface area contributed by atoms with Crippen LogP contribution >= 0.6 is 15.9 Å². The molecule has 88 valence electrons. The summed E-state index contributed by atoms with van der Waals surface area (Å²) in [7, 11) is 1.31. The van der Waals surface area contributed by atoms with Crippen LogP contribution in [0, 0.1) is 11.6 Å². The van der Waals surface area contributed by atoms with Crippen molar-refractivity contribution in [2.45, 2.75) is 17.7 Å². The highest BCUT2D eigenvalue weighted by Crippen LogP contribution is 2.16. The molecule has 2 nitrogen and oxygen atoms in total. The van der Waals surface area contributed by atoms with Gasteiger partial charge in [-0.25, -0.2) is 8.78 Å². The third-order valence-electron chi connectivity index (χ3n) is 2.06. The third kappa shape index (κ3) is 3.89. The Morgan fingerprint density at radius 3 is 2.69 bits per heavy atom. The zero-order valence-electron chi connectivity index (χ0n) is 8.67. The van der Waals surface area contributed by atoms with Gasteiger partial charge in [-0.1, -0.05) is 22.0 Å². The molecule has 0 bridgehead atoms. The Kier molecular flexibility index (Phi) is 4.86. The molecule has 0 aromatic heterocycles. The van der Waals surface area contributed by atoms with Gasteiger partial charge in [0.25, 0.3) is 0 Å². The van der Waals surface area contributed by atoms with Crippen LogP contribution in [0.1, 0.15) is 12.0 Å². The molecule has 1 aromatic carbocycles. The Balaban J connectivity index is 2.59. The number of carbonyl (C=O) groups is 1. The summed E-state index contributed by atoms with van der Waals surface area (Å²) < 4.78 is 30.0. The van der Waals surface area contributed by atoms with Crippen molar-refractivity contribution in [3.63, 3.8) is 0 Å². The second-order valence-corrected chi connectivity index (χ2v) is 4.63. The van der Waals surface area contributed by atoms with E-state index in [1.165, 1.54) is 13.2 Å². The summed E-state index contributed by atoms with van der Waals surface area (Å²) in [6, 6.07) is 3.69. The zero-order chi connectivity index (χ0) is 12.1. The standard InChI is InChI=1S/C11H11BrF2O2/c1-16-11(15)6-8(12)4-7-2-3-9(13)10(14)5-7/h2-3,5,8H,4,6H2,1H3. The van der Waals surface area contributed by atoms with E-state index in [1.807, 2.05) is 0 Å². The highest BCUT2D eigenvalue weighted by molar-refractivity contribution is 9.09. The summed E-state index contributed by atoms with van der Waals surface area (Å²) >= 11 is 3.28. The second-order valence-electron chi connectivity index (χ2n) is 3.33. The second kappa shape index (κ2) is 5.94. The van der Waals surface area contributed by atoms with Crippen molar-refractivity contribution < 1.29 is 18.3 Å². The first kappa shape index (κ1) is 13.1. The van der Waals surface area contributed by atoms with E-state index < -0.39 is 11.6 Å². The predicted octanol–water partition coefficient (Wildman–Crippen LogP) is 2.83. The quantitative estimate of drug-likeness (QED) is 0.630. The van der Waals surface area contributed by atoms with Gasteiger partial charge in [-0.3, -0.25) is 4.79 Å². The highest BCUT2D eigenvalue weighted by atomic mass is 79.9. The average molecular weight is 293 g/mol. The molecule has 0 fully saturated rings. The molecular weight excluding hydrogens is 282 g/mol. The first-order valence-corrected chi connectivity index (χ1v) is 5.59. The summed E-state index contributed by atoms with van der Waals surface area (Å²) in [4.78, 5) is 10.8. The van der Waals surface area contributed by atoms with Crippen LogP contribution in [0.15, 0.2) is 18.2 Å². The predicted molar refractivity (Wildman–Crippen MR) is 59.4 cm³/mol. The fraction of sp³-hybridized carbons (Fsp3) is 0.364. The Morgan fingerprint density at radius 2 is 2.12 bits per heavy atom. The minimum Gasteiger partial charge on any atom is -0.469 e. The summed E-state index contributed by atoms with van der Waals surface area (Å²) in [5, 5.41) is 0. The normalized spacial score (nSPS) is 12.2. The minimum atomic E-state index is -0.879. The molecule has 0 saturated heterocycles. The van der Waals surface area contributed by atoms with Crippen LogP contribution in [-0.2, 0) is 16.0 Å². The number of hydrogen-bond donors (Lipinski definition) is 0. The molecule has 1 atom stereocenters. The van der Waals surface area contributed by atoms with Gasteiger partial charge in [0.2, 0.25) is 0 Å². The van der Waals surface area contributed by atoms with Crippen molar-refractivity contribution in [2.75, 3.05) is 7.11 Å². The summed E-state index contributed by atoms with van der Waals surface area (Å²) in [5.41, 5.74) is 0.629. The van der Waals surface area contributed by atoms with Gasteiger partial charge in [0.05, 0.1) is 13.5 Å². The Hall–Kier alpha value is -0.970. The smallest absolute Gasteiger partial charge is 0.306 e. The van der Waals surface area contributed by atoms with Crippen molar-refractivity contribution in [3.8, 4) is 0 Å². The van der Waals surface area contributed by atoms with Gasteiger partial charge in [0.1, 0.15) is 0 Å². The molecule has 0 aliphatic heterocycles. The number of alkyl halides is 1. The Bertz CT molecular complexity index is 382. The summed E-state index contributed by atoms with van der Waals surface area (Å²) in [6.07, 6.45) is 0.627. The molecule has 5 heteroatoms. The van der Waals surface area contributed by atoms with Gasteiger partial charge in [0.15, 0.2) is 11.6 Å². The molecule has 0 N–H and O–H groups in total. The van der Waals surface area contributed by atoms with Gasteiger partial charge < -0.3 is 4.74 Å². The monoisotopic (exact) mass is 292 g/mol. The highest BCUT2D eigenvalue weighted by Gasteiger charge is 2.12. The largest absolute Gasteiger partial charge is 0.469 e. The van der Waals surface area contributed by atoms with E-state index >= 15 is 0 Å². The van der Waals surface area contributed by atoms with Crippen molar-refractivity contribution in [2.24, 2.45) is 0 Å². The van der Waals surface area contributed by atoms with Crippen molar-refractivity contribution in [3.05, 3.63) is 35.4 Å². The van der Waals surface area contributed by atoms with Crippen molar-refractivity contribution in [1.82, 2.24) is 0 Å². The average Bonchev–Trinajstić information content (AvgIpc) is 2.23. The molecule has 0 aliphatic rings. The number of halogens is 3. The lowest BCUT2D eigenvalue weighted by Crippen LogP contribution is -2.11. The van der Waals surface area contributed by atoms with Crippen LogP contribution in [0.2, 0.25) is 0 Å². The SMILES string of the molecule is COC(=O)CC(Br)Cc1ccc(F)c(F)c1. The molecule has 0 spiro atoms. The molecule has 1 unspecified atom stereocenters. The molecule has 1 aromatic rings. The first-order valence-electron chi connectivity index (χ1n) is 4.67. The number of methoxy groups -OCH3 is 1. The summed E-state index contributed by atoms with van der Waals surface area (Å²) in [6.45, 7) is 0. The zero-order valence-corrected chi connectivity index (χ0v) is 10.3. The number of hydrogen-bond acceptors (Lipinski definition) is 2. The van der Waals surface area contributed by atoms with Crippen molar-refractivity contribution >= 4 is 21.9 Å². The molecule has 0 aliphatic carbocycles. The maximum absolute atomic E-state index is 12.9. The van der Waals surface area contributed by atoms with E-state index in [0.29, 0.717) is 12.0 Å².